The van der Waals surface area contributed by atoms with Gasteiger partial charge in [0.2, 0.25) is 0 Å². The van der Waals surface area contributed by atoms with Gasteiger partial charge in [-0.25, -0.2) is 13.8 Å². The van der Waals surface area contributed by atoms with E-state index in [9.17, 15) is 8.78 Å². The van der Waals surface area contributed by atoms with Crippen LogP contribution in [0.4, 0.5) is 14.6 Å². The van der Waals surface area contributed by atoms with Gasteiger partial charge < -0.3 is 14.6 Å². The van der Waals surface area contributed by atoms with Gasteiger partial charge in [0.25, 0.3) is 0 Å². The molecule has 1 N–H and O–H groups in total. The number of halogens is 2. The highest BCUT2D eigenvalue weighted by molar-refractivity contribution is 6.05. The number of piperidine rings is 1. The van der Waals surface area contributed by atoms with Crippen molar-refractivity contribution in [2.45, 2.75) is 25.1 Å². The van der Waals surface area contributed by atoms with Gasteiger partial charge in [-0.2, -0.15) is 0 Å². The molecule has 0 saturated carbocycles. The molecule has 0 amide bonds. The molecule has 0 spiro atoms. The van der Waals surface area contributed by atoms with E-state index in [1.54, 1.807) is 6.20 Å². The highest BCUT2D eigenvalue weighted by Gasteiger charge is 2.22. The second-order valence-electron chi connectivity index (χ2n) is 6.38. The predicted octanol–water partition coefficient (Wildman–Crippen LogP) is 3.40. The number of hydrogen-bond acceptors (Lipinski definition) is 4. The van der Waals surface area contributed by atoms with Crippen LogP contribution in [0.3, 0.4) is 0 Å². The quantitative estimate of drug-likeness (QED) is 0.769. The zero-order valence-electron chi connectivity index (χ0n) is 13.8. The molecule has 3 aromatic rings. The fourth-order valence-electron chi connectivity index (χ4n) is 3.32. The topological polar surface area (TPSA) is 54.0 Å². The average Bonchev–Trinajstić information content (AvgIpc) is 3.04. The number of rotatable bonds is 5. The van der Waals surface area contributed by atoms with Crippen molar-refractivity contribution in [3.05, 3.63) is 30.6 Å². The second kappa shape index (κ2) is 6.92. The van der Waals surface area contributed by atoms with E-state index >= 15 is 0 Å². The Balaban J connectivity index is 1.45. The molecule has 0 aliphatic carbocycles. The van der Waals surface area contributed by atoms with E-state index in [0.717, 1.165) is 53.7 Å². The molecule has 1 aliphatic heterocycles. The third-order valence-electron chi connectivity index (χ3n) is 4.69. The average molecular weight is 346 g/mol. The first-order valence-corrected chi connectivity index (χ1v) is 8.53. The summed E-state index contributed by atoms with van der Waals surface area (Å²) in [5, 5.41) is 2.13. The number of hydrogen-bond donors (Lipinski definition) is 1. The maximum atomic E-state index is 12.9. The Morgan fingerprint density at radius 3 is 2.88 bits per heavy atom. The van der Waals surface area contributed by atoms with Gasteiger partial charge in [-0.15, -0.1) is 0 Å². The molecule has 25 heavy (non-hydrogen) atoms. The van der Waals surface area contributed by atoms with Crippen molar-refractivity contribution >= 4 is 27.8 Å². The lowest BCUT2D eigenvalue weighted by atomic mass is 10.1. The normalized spacial score (nSPS) is 17.4. The van der Waals surface area contributed by atoms with E-state index in [-0.39, 0.29) is 12.7 Å². The molecule has 7 heteroatoms. The zero-order valence-corrected chi connectivity index (χ0v) is 13.8. The molecule has 5 nitrogen and oxygen atoms in total. The second-order valence-corrected chi connectivity index (χ2v) is 6.38. The largest absolute Gasteiger partial charge is 0.375 e. The summed E-state index contributed by atoms with van der Waals surface area (Å²) in [7, 11) is 0. The summed E-state index contributed by atoms with van der Waals surface area (Å²) < 4.78 is 30.5. The number of pyridine rings is 2. The molecule has 1 aliphatic rings. The van der Waals surface area contributed by atoms with Crippen molar-refractivity contribution < 1.29 is 13.5 Å². The standard InChI is InChI=1S/C18H20F2N4O/c19-9-12(20)11-25-13-4-7-24(8-5-13)17-2-1-14-15-10-21-6-3-16(15)22-18(14)23-17/h1-3,6,10,12-13H,4-5,7-9,11H2,(H,22,23). The highest BCUT2D eigenvalue weighted by Crippen LogP contribution is 2.27. The van der Waals surface area contributed by atoms with Crippen LogP contribution < -0.4 is 4.90 Å². The maximum absolute atomic E-state index is 12.9. The summed E-state index contributed by atoms with van der Waals surface area (Å²) in [6, 6.07) is 6.02. The third kappa shape index (κ3) is 3.28. The van der Waals surface area contributed by atoms with Crippen LogP contribution in [0.15, 0.2) is 30.6 Å². The lowest BCUT2D eigenvalue weighted by Gasteiger charge is -2.32. The number of anilines is 1. The Bertz CT molecular complexity index is 861. The van der Waals surface area contributed by atoms with Gasteiger partial charge in [0.1, 0.15) is 18.1 Å². The molecule has 1 fully saturated rings. The minimum Gasteiger partial charge on any atom is -0.375 e. The fourth-order valence-corrected chi connectivity index (χ4v) is 3.32. The number of aromatic amines is 1. The van der Waals surface area contributed by atoms with Crippen molar-refractivity contribution in [2.24, 2.45) is 0 Å². The van der Waals surface area contributed by atoms with E-state index in [0.29, 0.717) is 0 Å². The van der Waals surface area contributed by atoms with E-state index in [2.05, 4.69) is 20.9 Å². The van der Waals surface area contributed by atoms with Gasteiger partial charge in [0.15, 0.2) is 6.17 Å². The molecule has 132 valence electrons. The fraction of sp³-hybridized carbons (Fsp3) is 0.444. The Kier molecular flexibility index (Phi) is 4.48. The van der Waals surface area contributed by atoms with Crippen molar-refractivity contribution in [3.63, 3.8) is 0 Å². The Morgan fingerprint density at radius 2 is 2.08 bits per heavy atom. The van der Waals surface area contributed by atoms with Crippen LogP contribution in [-0.2, 0) is 4.74 Å². The van der Waals surface area contributed by atoms with E-state index in [1.165, 1.54) is 0 Å². The Hall–Kier alpha value is -2.28. The van der Waals surface area contributed by atoms with E-state index in [4.69, 9.17) is 9.72 Å². The predicted molar refractivity (Wildman–Crippen MR) is 93.5 cm³/mol. The number of H-pyrrole nitrogens is 1. The van der Waals surface area contributed by atoms with Gasteiger partial charge in [-0.05, 0) is 31.0 Å². The van der Waals surface area contributed by atoms with Crippen molar-refractivity contribution in [1.29, 1.82) is 0 Å². The van der Waals surface area contributed by atoms with Crippen LogP contribution in [0.1, 0.15) is 12.8 Å². The number of alkyl halides is 2. The molecule has 4 rings (SSSR count). The van der Waals surface area contributed by atoms with Crippen LogP contribution >= 0.6 is 0 Å². The minimum absolute atomic E-state index is 0.0102. The van der Waals surface area contributed by atoms with Crippen LogP contribution in [0, 0.1) is 0 Å². The summed E-state index contributed by atoms with van der Waals surface area (Å²) in [4.78, 5) is 14.4. The number of nitrogens with zero attached hydrogens (tertiary/aromatic N) is 3. The van der Waals surface area contributed by atoms with Gasteiger partial charge in [-0.1, -0.05) is 0 Å². The summed E-state index contributed by atoms with van der Waals surface area (Å²) in [5.74, 6) is 0.914. The molecule has 1 atom stereocenters. The van der Waals surface area contributed by atoms with Crippen molar-refractivity contribution in [3.8, 4) is 0 Å². The first kappa shape index (κ1) is 16.2. The van der Waals surface area contributed by atoms with Crippen LogP contribution in [0.25, 0.3) is 21.9 Å². The summed E-state index contributed by atoms with van der Waals surface area (Å²) in [6.07, 6.45) is 3.65. The molecular weight excluding hydrogens is 326 g/mol. The van der Waals surface area contributed by atoms with E-state index < -0.39 is 12.8 Å². The number of ether oxygens (including phenoxy) is 1. The summed E-state index contributed by atoms with van der Waals surface area (Å²) in [5.41, 5.74) is 1.87. The first-order valence-electron chi connectivity index (χ1n) is 8.53. The zero-order chi connectivity index (χ0) is 17.2. The molecule has 1 saturated heterocycles. The van der Waals surface area contributed by atoms with Crippen LogP contribution in [-0.4, -0.2) is 53.6 Å². The molecule has 4 heterocycles. The highest BCUT2D eigenvalue weighted by atomic mass is 19.2. The minimum atomic E-state index is -1.52. The molecule has 0 bridgehead atoms. The molecule has 3 aromatic heterocycles. The molecule has 0 aromatic carbocycles. The number of nitrogens with one attached hydrogen (secondary N) is 1. The number of fused-ring (bicyclic) bond motifs is 3. The van der Waals surface area contributed by atoms with Gasteiger partial charge in [0, 0.05) is 36.3 Å². The van der Waals surface area contributed by atoms with Gasteiger partial charge in [0.05, 0.1) is 18.2 Å². The summed E-state index contributed by atoms with van der Waals surface area (Å²) in [6.45, 7) is 0.437. The molecule has 0 radical (unpaired) electrons. The molecule has 1 unspecified atom stereocenters. The van der Waals surface area contributed by atoms with E-state index in [1.807, 2.05) is 18.3 Å². The van der Waals surface area contributed by atoms with Gasteiger partial charge >= 0.3 is 0 Å². The number of aromatic nitrogens is 3. The monoisotopic (exact) mass is 346 g/mol. The third-order valence-corrected chi connectivity index (χ3v) is 4.69. The maximum Gasteiger partial charge on any atom is 0.152 e. The smallest absolute Gasteiger partial charge is 0.152 e. The molecular formula is C18H20F2N4O. The lowest BCUT2D eigenvalue weighted by Crippen LogP contribution is -2.38. The summed E-state index contributed by atoms with van der Waals surface area (Å²) >= 11 is 0. The lowest BCUT2D eigenvalue weighted by molar-refractivity contribution is 0.00106. The van der Waals surface area contributed by atoms with Crippen LogP contribution in [0.5, 0.6) is 0 Å². The Morgan fingerprint density at radius 1 is 1.24 bits per heavy atom. The van der Waals surface area contributed by atoms with Crippen molar-refractivity contribution in [1.82, 2.24) is 15.0 Å². The SMILES string of the molecule is FCC(F)COC1CCN(c2ccc3c(n2)[nH]c2ccncc23)CC1. The Labute approximate surface area is 144 Å². The first-order chi connectivity index (χ1) is 12.2. The van der Waals surface area contributed by atoms with Gasteiger partial charge in [-0.3, -0.25) is 4.98 Å². The van der Waals surface area contributed by atoms with Crippen LogP contribution in [0.2, 0.25) is 0 Å². The van der Waals surface area contributed by atoms with Crippen molar-refractivity contribution in [2.75, 3.05) is 31.3 Å².